The zero-order valence-electron chi connectivity index (χ0n) is 15.3. The molecule has 0 saturated carbocycles. The second-order valence-corrected chi connectivity index (χ2v) is 7.71. The number of benzene rings is 3. The molecule has 4 heteroatoms. The number of rotatable bonds is 7. The Kier molecular flexibility index (Phi) is 6.62. The van der Waals surface area contributed by atoms with E-state index in [1.54, 1.807) is 6.07 Å². The quantitative estimate of drug-likeness (QED) is 0.507. The molecule has 0 bridgehead atoms. The predicted molar refractivity (Wildman–Crippen MR) is 114 cm³/mol. The van der Waals surface area contributed by atoms with Crippen molar-refractivity contribution >= 4 is 21.9 Å². The fourth-order valence-electron chi connectivity index (χ4n) is 3.19. The normalized spacial score (nSPS) is 11.6. The number of aryl methyl sites for hydroxylation is 1. The van der Waals surface area contributed by atoms with Gasteiger partial charge >= 0.3 is 5.97 Å². The van der Waals surface area contributed by atoms with Crippen LogP contribution < -0.4 is 0 Å². The molecule has 0 aliphatic rings. The number of nitrogens with zero attached hydrogens (tertiary/aromatic N) is 1. The van der Waals surface area contributed by atoms with E-state index in [4.69, 9.17) is 5.26 Å². The SMILES string of the molecule is N#Cc1cccc(-c2ccc(CCC(Cc3ccc(Br)cc3)C(=O)O)cc2)c1. The first-order chi connectivity index (χ1) is 13.5. The summed E-state index contributed by atoms with van der Waals surface area (Å²) >= 11 is 3.40. The van der Waals surface area contributed by atoms with Gasteiger partial charge in [0.05, 0.1) is 17.6 Å². The fraction of sp³-hybridized carbons (Fsp3) is 0.167. The summed E-state index contributed by atoms with van der Waals surface area (Å²) in [6.07, 6.45) is 1.84. The van der Waals surface area contributed by atoms with Gasteiger partial charge in [-0.3, -0.25) is 4.79 Å². The van der Waals surface area contributed by atoms with Gasteiger partial charge in [0.25, 0.3) is 0 Å². The lowest BCUT2D eigenvalue weighted by atomic mass is 9.92. The van der Waals surface area contributed by atoms with E-state index in [1.165, 1.54) is 0 Å². The number of carboxylic acid groups (broad SMARTS) is 1. The van der Waals surface area contributed by atoms with E-state index >= 15 is 0 Å². The number of nitriles is 1. The summed E-state index contributed by atoms with van der Waals surface area (Å²) in [6, 6.07) is 25.6. The Morgan fingerprint density at radius 3 is 2.29 bits per heavy atom. The third kappa shape index (κ3) is 5.31. The highest BCUT2D eigenvalue weighted by Gasteiger charge is 2.18. The lowest BCUT2D eigenvalue weighted by molar-refractivity contribution is -0.141. The molecule has 1 N–H and O–H groups in total. The second-order valence-electron chi connectivity index (χ2n) is 6.79. The van der Waals surface area contributed by atoms with Gasteiger partial charge in [-0.05, 0) is 65.8 Å². The molecule has 0 amide bonds. The van der Waals surface area contributed by atoms with E-state index in [1.807, 2.05) is 66.7 Å². The molecule has 28 heavy (non-hydrogen) atoms. The average Bonchev–Trinajstić information content (AvgIpc) is 2.72. The van der Waals surface area contributed by atoms with Crippen molar-refractivity contribution in [2.75, 3.05) is 0 Å². The van der Waals surface area contributed by atoms with E-state index in [2.05, 4.69) is 22.0 Å². The smallest absolute Gasteiger partial charge is 0.306 e. The standard InChI is InChI=1S/C24H20BrNO2/c25-23-12-7-18(8-13-23)14-22(24(27)28)11-6-17-4-9-20(10-5-17)21-3-1-2-19(15-21)16-26/h1-5,7-10,12-13,15,22H,6,11,14H2,(H,27,28). The van der Waals surface area contributed by atoms with Crippen molar-refractivity contribution in [1.82, 2.24) is 0 Å². The Bertz CT molecular complexity index is 988. The molecule has 0 saturated heterocycles. The topological polar surface area (TPSA) is 61.1 Å². The zero-order valence-corrected chi connectivity index (χ0v) is 16.9. The second kappa shape index (κ2) is 9.34. The molecule has 0 aliphatic heterocycles. The number of hydrogen-bond acceptors (Lipinski definition) is 2. The fourth-order valence-corrected chi connectivity index (χ4v) is 3.46. The average molecular weight is 434 g/mol. The van der Waals surface area contributed by atoms with Gasteiger partial charge in [0.15, 0.2) is 0 Å². The van der Waals surface area contributed by atoms with Gasteiger partial charge in [-0.2, -0.15) is 5.26 Å². The molecule has 1 unspecified atom stereocenters. The number of carbonyl (C=O) groups is 1. The summed E-state index contributed by atoms with van der Waals surface area (Å²) < 4.78 is 0.989. The van der Waals surface area contributed by atoms with Crippen molar-refractivity contribution in [1.29, 1.82) is 5.26 Å². The predicted octanol–water partition coefficient (Wildman–Crippen LogP) is 5.86. The maximum Gasteiger partial charge on any atom is 0.306 e. The lowest BCUT2D eigenvalue weighted by Gasteiger charge is -2.13. The van der Waals surface area contributed by atoms with Gasteiger partial charge in [0.2, 0.25) is 0 Å². The molecule has 0 radical (unpaired) electrons. The molecule has 0 spiro atoms. The maximum atomic E-state index is 11.7. The Hall–Kier alpha value is -2.90. The summed E-state index contributed by atoms with van der Waals surface area (Å²) in [5.41, 5.74) is 4.83. The minimum Gasteiger partial charge on any atom is -0.481 e. The van der Waals surface area contributed by atoms with E-state index < -0.39 is 11.9 Å². The van der Waals surface area contributed by atoms with Crippen molar-refractivity contribution in [3.8, 4) is 17.2 Å². The summed E-state index contributed by atoms with van der Waals surface area (Å²) in [7, 11) is 0. The monoisotopic (exact) mass is 433 g/mol. The first-order valence-corrected chi connectivity index (χ1v) is 9.91. The largest absolute Gasteiger partial charge is 0.481 e. The Morgan fingerprint density at radius 2 is 1.64 bits per heavy atom. The first-order valence-electron chi connectivity index (χ1n) is 9.12. The molecule has 3 nitrogen and oxygen atoms in total. The Morgan fingerprint density at radius 1 is 0.964 bits per heavy atom. The number of carboxylic acids is 1. The summed E-state index contributed by atoms with van der Waals surface area (Å²) in [5, 5.41) is 18.6. The molecule has 0 heterocycles. The van der Waals surface area contributed by atoms with Crippen LogP contribution in [0.2, 0.25) is 0 Å². The van der Waals surface area contributed by atoms with Crippen LogP contribution in [0.3, 0.4) is 0 Å². The van der Waals surface area contributed by atoms with Gasteiger partial charge in [-0.1, -0.05) is 64.5 Å². The van der Waals surface area contributed by atoms with Crippen molar-refractivity contribution < 1.29 is 9.90 Å². The summed E-state index contributed by atoms with van der Waals surface area (Å²) in [4.78, 5) is 11.7. The van der Waals surface area contributed by atoms with Gasteiger partial charge < -0.3 is 5.11 Å². The van der Waals surface area contributed by atoms with Crippen molar-refractivity contribution in [2.45, 2.75) is 19.3 Å². The molecular weight excluding hydrogens is 414 g/mol. The van der Waals surface area contributed by atoms with E-state index in [0.717, 1.165) is 26.7 Å². The van der Waals surface area contributed by atoms with Crippen LogP contribution in [0, 0.1) is 17.2 Å². The molecule has 0 aliphatic carbocycles. The maximum absolute atomic E-state index is 11.7. The number of aliphatic carboxylic acids is 1. The molecule has 0 fully saturated rings. The lowest BCUT2D eigenvalue weighted by Crippen LogP contribution is -2.17. The third-order valence-corrected chi connectivity index (χ3v) is 5.33. The summed E-state index contributed by atoms with van der Waals surface area (Å²) in [5.74, 6) is -1.17. The van der Waals surface area contributed by atoms with Crippen molar-refractivity contribution in [3.63, 3.8) is 0 Å². The van der Waals surface area contributed by atoms with Crippen LogP contribution >= 0.6 is 15.9 Å². The van der Waals surface area contributed by atoms with Crippen molar-refractivity contribution in [3.05, 3.63) is 94.0 Å². The highest BCUT2D eigenvalue weighted by atomic mass is 79.9. The first kappa shape index (κ1) is 19.9. The molecular formula is C24H20BrNO2. The van der Waals surface area contributed by atoms with Crippen LogP contribution in [0.25, 0.3) is 11.1 Å². The third-order valence-electron chi connectivity index (χ3n) is 4.81. The van der Waals surface area contributed by atoms with Crippen LogP contribution in [0.15, 0.2) is 77.3 Å². The van der Waals surface area contributed by atoms with Gasteiger partial charge in [-0.15, -0.1) is 0 Å². The highest BCUT2D eigenvalue weighted by Crippen LogP contribution is 2.23. The number of halogens is 1. The van der Waals surface area contributed by atoms with Crippen LogP contribution in [0.5, 0.6) is 0 Å². The van der Waals surface area contributed by atoms with Crippen LogP contribution in [-0.2, 0) is 17.6 Å². The molecule has 140 valence electrons. The molecule has 3 aromatic carbocycles. The Balaban J connectivity index is 1.64. The van der Waals surface area contributed by atoms with Crippen LogP contribution in [0.1, 0.15) is 23.1 Å². The molecule has 1 atom stereocenters. The van der Waals surface area contributed by atoms with Gasteiger partial charge in [-0.25, -0.2) is 0 Å². The van der Waals surface area contributed by atoms with E-state index in [9.17, 15) is 9.90 Å². The van der Waals surface area contributed by atoms with E-state index in [-0.39, 0.29) is 0 Å². The van der Waals surface area contributed by atoms with E-state index in [0.29, 0.717) is 24.8 Å². The minimum atomic E-state index is -0.757. The minimum absolute atomic E-state index is 0.409. The van der Waals surface area contributed by atoms with Crippen LogP contribution in [-0.4, -0.2) is 11.1 Å². The molecule has 0 aromatic heterocycles. The van der Waals surface area contributed by atoms with Crippen LogP contribution in [0.4, 0.5) is 0 Å². The summed E-state index contributed by atoms with van der Waals surface area (Å²) in [6.45, 7) is 0. The van der Waals surface area contributed by atoms with Crippen molar-refractivity contribution in [2.24, 2.45) is 5.92 Å². The molecule has 3 rings (SSSR count). The van der Waals surface area contributed by atoms with Gasteiger partial charge in [0, 0.05) is 4.47 Å². The number of hydrogen-bond donors (Lipinski definition) is 1. The highest BCUT2D eigenvalue weighted by molar-refractivity contribution is 9.10. The van der Waals surface area contributed by atoms with Gasteiger partial charge in [0.1, 0.15) is 0 Å². The molecule has 3 aromatic rings. The zero-order chi connectivity index (χ0) is 19.9. The Labute approximate surface area is 173 Å².